The molecule has 1 rings (SSSR count). The molecule has 0 aliphatic carbocycles. The van der Waals surface area contributed by atoms with Gasteiger partial charge in [0.2, 0.25) is 0 Å². The Kier molecular flexibility index (Phi) is 6.61. The zero-order chi connectivity index (χ0) is 13.6. The van der Waals surface area contributed by atoms with Crippen LogP contribution in [0.25, 0.3) is 0 Å². The van der Waals surface area contributed by atoms with Crippen molar-refractivity contribution in [2.75, 3.05) is 32.8 Å². The van der Waals surface area contributed by atoms with Crippen LogP contribution < -0.4 is 5.32 Å². The molecule has 2 atom stereocenters. The van der Waals surface area contributed by atoms with Gasteiger partial charge in [-0.3, -0.25) is 4.90 Å². The Bertz CT molecular complexity index is 225. The summed E-state index contributed by atoms with van der Waals surface area (Å²) in [4.78, 5) is 2.54. The predicted octanol–water partition coefficient (Wildman–Crippen LogP) is 2.51. The lowest BCUT2D eigenvalue weighted by atomic mass is 9.84. The van der Waals surface area contributed by atoms with Crippen molar-refractivity contribution in [1.82, 2.24) is 10.2 Å². The lowest BCUT2D eigenvalue weighted by Crippen LogP contribution is -2.46. The quantitative estimate of drug-likeness (QED) is 0.790. The Labute approximate surface area is 113 Å². The summed E-state index contributed by atoms with van der Waals surface area (Å²) in [6.45, 7) is 16.8. The van der Waals surface area contributed by atoms with Crippen molar-refractivity contribution in [1.29, 1.82) is 0 Å². The summed E-state index contributed by atoms with van der Waals surface area (Å²) in [7, 11) is 0. The van der Waals surface area contributed by atoms with E-state index in [2.05, 4.69) is 44.8 Å². The number of nitrogens with one attached hydrogen (secondary N) is 1. The SMILES string of the molecule is CCCNC(CCN1CCOC(C)C1)C(C)(C)C. The van der Waals surface area contributed by atoms with Gasteiger partial charge in [-0.25, -0.2) is 0 Å². The van der Waals surface area contributed by atoms with Gasteiger partial charge in [-0.2, -0.15) is 0 Å². The molecule has 3 heteroatoms. The predicted molar refractivity (Wildman–Crippen MR) is 78.0 cm³/mol. The number of hydrogen-bond donors (Lipinski definition) is 1. The molecule has 1 N–H and O–H groups in total. The molecule has 1 aliphatic rings. The van der Waals surface area contributed by atoms with E-state index in [0.29, 0.717) is 17.6 Å². The zero-order valence-corrected chi connectivity index (χ0v) is 13.0. The molecule has 1 fully saturated rings. The summed E-state index contributed by atoms with van der Waals surface area (Å²) < 4.78 is 5.59. The van der Waals surface area contributed by atoms with Crippen LogP contribution in [0.4, 0.5) is 0 Å². The molecule has 3 nitrogen and oxygen atoms in total. The standard InChI is InChI=1S/C15H32N2O/c1-6-8-16-14(15(3,4)5)7-9-17-10-11-18-13(2)12-17/h13-14,16H,6-12H2,1-5H3. The van der Waals surface area contributed by atoms with Gasteiger partial charge in [0.25, 0.3) is 0 Å². The first kappa shape index (κ1) is 15.9. The second-order valence-electron chi connectivity index (χ2n) is 6.64. The highest BCUT2D eigenvalue weighted by Crippen LogP contribution is 2.22. The van der Waals surface area contributed by atoms with E-state index in [1.165, 1.54) is 19.4 Å². The smallest absolute Gasteiger partial charge is 0.0674 e. The average Bonchev–Trinajstić information content (AvgIpc) is 2.27. The van der Waals surface area contributed by atoms with Gasteiger partial charge in [0.1, 0.15) is 0 Å². The number of morpholine rings is 1. The van der Waals surface area contributed by atoms with Crippen molar-refractivity contribution in [2.24, 2.45) is 5.41 Å². The maximum Gasteiger partial charge on any atom is 0.0674 e. The van der Waals surface area contributed by atoms with Gasteiger partial charge in [0, 0.05) is 19.1 Å². The van der Waals surface area contributed by atoms with Gasteiger partial charge in [-0.15, -0.1) is 0 Å². The van der Waals surface area contributed by atoms with Crippen molar-refractivity contribution in [3.05, 3.63) is 0 Å². The molecule has 0 saturated carbocycles. The largest absolute Gasteiger partial charge is 0.376 e. The summed E-state index contributed by atoms with van der Waals surface area (Å²) in [6, 6.07) is 0.607. The third kappa shape index (κ3) is 5.68. The van der Waals surface area contributed by atoms with E-state index >= 15 is 0 Å². The third-order valence-corrected chi connectivity index (χ3v) is 3.75. The molecule has 0 aromatic rings. The minimum absolute atomic E-state index is 0.340. The Morgan fingerprint density at radius 2 is 2.11 bits per heavy atom. The molecular weight excluding hydrogens is 224 g/mol. The van der Waals surface area contributed by atoms with E-state index in [9.17, 15) is 0 Å². The van der Waals surface area contributed by atoms with Crippen LogP contribution in [0, 0.1) is 5.41 Å². The van der Waals surface area contributed by atoms with Crippen molar-refractivity contribution in [3.8, 4) is 0 Å². The Morgan fingerprint density at radius 3 is 2.67 bits per heavy atom. The van der Waals surface area contributed by atoms with E-state index in [-0.39, 0.29) is 0 Å². The van der Waals surface area contributed by atoms with Crippen LogP contribution in [0.1, 0.15) is 47.5 Å². The van der Waals surface area contributed by atoms with Gasteiger partial charge < -0.3 is 10.1 Å². The first-order valence-corrected chi connectivity index (χ1v) is 7.50. The van der Waals surface area contributed by atoms with Crippen molar-refractivity contribution < 1.29 is 4.74 Å². The van der Waals surface area contributed by atoms with E-state index in [1.54, 1.807) is 0 Å². The van der Waals surface area contributed by atoms with Gasteiger partial charge in [0.05, 0.1) is 12.7 Å². The van der Waals surface area contributed by atoms with Crippen LogP contribution >= 0.6 is 0 Å². The minimum Gasteiger partial charge on any atom is -0.376 e. The molecule has 0 radical (unpaired) electrons. The highest BCUT2D eigenvalue weighted by molar-refractivity contribution is 4.82. The molecule has 0 aromatic carbocycles. The Balaban J connectivity index is 2.36. The van der Waals surface area contributed by atoms with Gasteiger partial charge >= 0.3 is 0 Å². The van der Waals surface area contributed by atoms with Crippen LogP contribution in [0.15, 0.2) is 0 Å². The van der Waals surface area contributed by atoms with Crippen LogP contribution in [0.5, 0.6) is 0 Å². The Hall–Kier alpha value is -0.120. The fourth-order valence-corrected chi connectivity index (χ4v) is 2.57. The topological polar surface area (TPSA) is 24.5 Å². The number of rotatable bonds is 6. The molecule has 1 aliphatic heterocycles. The molecule has 18 heavy (non-hydrogen) atoms. The van der Waals surface area contributed by atoms with Crippen LogP contribution in [-0.2, 0) is 4.74 Å². The molecule has 1 saturated heterocycles. The maximum atomic E-state index is 5.59. The lowest BCUT2D eigenvalue weighted by molar-refractivity contribution is -0.0202. The first-order chi connectivity index (χ1) is 8.43. The molecule has 1 heterocycles. The van der Waals surface area contributed by atoms with Crippen LogP contribution in [0.3, 0.4) is 0 Å². The fourth-order valence-electron chi connectivity index (χ4n) is 2.57. The molecular formula is C15H32N2O. The highest BCUT2D eigenvalue weighted by atomic mass is 16.5. The van der Waals surface area contributed by atoms with E-state index in [4.69, 9.17) is 4.74 Å². The first-order valence-electron chi connectivity index (χ1n) is 7.50. The summed E-state index contributed by atoms with van der Waals surface area (Å²) >= 11 is 0. The molecule has 0 spiro atoms. The summed E-state index contributed by atoms with van der Waals surface area (Å²) in [5.74, 6) is 0. The monoisotopic (exact) mass is 256 g/mol. The minimum atomic E-state index is 0.340. The highest BCUT2D eigenvalue weighted by Gasteiger charge is 2.25. The van der Waals surface area contributed by atoms with Crippen molar-refractivity contribution >= 4 is 0 Å². The molecule has 0 bridgehead atoms. The average molecular weight is 256 g/mol. The third-order valence-electron chi connectivity index (χ3n) is 3.75. The van der Waals surface area contributed by atoms with Crippen LogP contribution in [0.2, 0.25) is 0 Å². The number of ether oxygens (including phenoxy) is 1. The second kappa shape index (κ2) is 7.46. The number of hydrogen-bond acceptors (Lipinski definition) is 3. The lowest BCUT2D eigenvalue weighted by Gasteiger charge is -2.36. The van der Waals surface area contributed by atoms with E-state index in [1.807, 2.05) is 0 Å². The van der Waals surface area contributed by atoms with Gasteiger partial charge in [0.15, 0.2) is 0 Å². The zero-order valence-electron chi connectivity index (χ0n) is 13.0. The molecule has 0 aromatic heterocycles. The van der Waals surface area contributed by atoms with Gasteiger partial charge in [-0.1, -0.05) is 27.7 Å². The van der Waals surface area contributed by atoms with E-state index < -0.39 is 0 Å². The molecule has 2 unspecified atom stereocenters. The molecule has 0 amide bonds. The normalized spacial score (nSPS) is 24.2. The summed E-state index contributed by atoms with van der Waals surface area (Å²) in [5.41, 5.74) is 0.340. The van der Waals surface area contributed by atoms with Crippen LogP contribution in [-0.4, -0.2) is 49.8 Å². The fraction of sp³-hybridized carbons (Fsp3) is 1.00. The molecule has 108 valence electrons. The maximum absolute atomic E-state index is 5.59. The van der Waals surface area contributed by atoms with Crippen molar-refractivity contribution in [3.63, 3.8) is 0 Å². The summed E-state index contributed by atoms with van der Waals surface area (Å²) in [5, 5.41) is 3.70. The van der Waals surface area contributed by atoms with Gasteiger partial charge in [-0.05, 0) is 38.3 Å². The summed E-state index contributed by atoms with van der Waals surface area (Å²) in [6.07, 6.45) is 2.84. The Morgan fingerprint density at radius 1 is 1.39 bits per heavy atom. The van der Waals surface area contributed by atoms with E-state index in [0.717, 1.165) is 26.2 Å². The second-order valence-corrected chi connectivity index (χ2v) is 6.64. The number of nitrogens with zero attached hydrogens (tertiary/aromatic N) is 1. The van der Waals surface area contributed by atoms with Crippen molar-refractivity contribution in [2.45, 2.75) is 59.6 Å².